The molecule has 0 aromatic heterocycles. The lowest BCUT2D eigenvalue weighted by atomic mass is 9.90. The van der Waals surface area contributed by atoms with Gasteiger partial charge in [-0.15, -0.1) is 0 Å². The van der Waals surface area contributed by atoms with Crippen LogP contribution in [0, 0.1) is 12.8 Å². The van der Waals surface area contributed by atoms with E-state index in [1.807, 2.05) is 6.92 Å². The third kappa shape index (κ3) is 3.51. The third-order valence-electron chi connectivity index (χ3n) is 3.76. The minimum atomic E-state index is -3.54. The number of rotatable bonds is 4. The highest BCUT2D eigenvalue weighted by molar-refractivity contribution is 7.89. The van der Waals surface area contributed by atoms with Crippen LogP contribution in [0.2, 0.25) is 0 Å². The molecule has 2 rings (SSSR count). The summed E-state index contributed by atoms with van der Waals surface area (Å²) in [6.07, 6.45) is 0.507. The summed E-state index contributed by atoms with van der Waals surface area (Å²) in [5.74, 6) is -1.03. The van der Waals surface area contributed by atoms with Crippen LogP contribution in [0.1, 0.15) is 18.4 Å². The lowest BCUT2D eigenvalue weighted by Crippen LogP contribution is -2.40. The van der Waals surface area contributed by atoms with E-state index >= 15 is 0 Å². The number of hydrogen-bond acceptors (Lipinski definition) is 3. The summed E-state index contributed by atoms with van der Waals surface area (Å²) in [5, 5.41) is 8.84. The van der Waals surface area contributed by atoms with E-state index in [1.54, 1.807) is 24.3 Å². The normalized spacial score (nSPS) is 20.4. The quantitative estimate of drug-likeness (QED) is 0.864. The van der Waals surface area contributed by atoms with E-state index in [1.165, 1.54) is 4.31 Å². The van der Waals surface area contributed by atoms with Crippen molar-refractivity contribution in [2.75, 3.05) is 13.1 Å². The molecule has 1 aromatic rings. The van der Waals surface area contributed by atoms with Crippen LogP contribution in [0.3, 0.4) is 0 Å². The Bertz CT molecular complexity index is 649. The Kier molecular flexibility index (Phi) is 4.49. The lowest BCUT2D eigenvalue weighted by molar-refractivity contribution is -0.137. The standard InChI is InChI=1S/C15H19NO4S/c1-11-3-5-14(6-4-11)21(19,20)16-8-7-13(9-15(17)18)12(2)10-16/h3-6,13H,2,7-10H2,1H3,(H,17,18). The highest BCUT2D eigenvalue weighted by Crippen LogP contribution is 2.28. The monoisotopic (exact) mass is 309 g/mol. The molecule has 1 atom stereocenters. The molecule has 1 aliphatic rings. The SMILES string of the molecule is C=C1CN(S(=O)(=O)c2ccc(C)cc2)CCC1CC(=O)O. The molecule has 1 aromatic carbocycles. The van der Waals surface area contributed by atoms with Crippen LogP contribution < -0.4 is 0 Å². The lowest BCUT2D eigenvalue weighted by Gasteiger charge is -2.32. The first-order valence-electron chi connectivity index (χ1n) is 6.77. The maximum atomic E-state index is 12.5. The molecular weight excluding hydrogens is 290 g/mol. The summed E-state index contributed by atoms with van der Waals surface area (Å²) in [7, 11) is -3.54. The summed E-state index contributed by atoms with van der Waals surface area (Å²) in [6, 6.07) is 6.71. The number of aliphatic carboxylic acids is 1. The number of piperidine rings is 1. The Labute approximate surface area is 124 Å². The number of sulfonamides is 1. The van der Waals surface area contributed by atoms with Gasteiger partial charge in [-0.25, -0.2) is 8.42 Å². The summed E-state index contributed by atoms with van der Waals surface area (Å²) < 4.78 is 26.5. The van der Waals surface area contributed by atoms with Gasteiger partial charge in [0.2, 0.25) is 10.0 Å². The molecule has 0 spiro atoms. The van der Waals surface area contributed by atoms with E-state index in [0.717, 1.165) is 5.56 Å². The first-order valence-corrected chi connectivity index (χ1v) is 8.21. The molecule has 1 saturated heterocycles. The number of hydrogen-bond donors (Lipinski definition) is 1. The Morgan fingerprint density at radius 3 is 2.52 bits per heavy atom. The van der Waals surface area contributed by atoms with Crippen molar-refractivity contribution in [2.45, 2.75) is 24.7 Å². The Balaban J connectivity index is 2.15. The van der Waals surface area contributed by atoms with Gasteiger partial charge in [0, 0.05) is 13.1 Å². The zero-order valence-electron chi connectivity index (χ0n) is 11.9. The summed E-state index contributed by atoms with van der Waals surface area (Å²) in [5.41, 5.74) is 1.66. The molecule has 0 radical (unpaired) electrons. The van der Waals surface area contributed by atoms with Crippen LogP contribution in [0.4, 0.5) is 0 Å². The van der Waals surface area contributed by atoms with E-state index in [2.05, 4.69) is 6.58 Å². The van der Waals surface area contributed by atoms with Crippen molar-refractivity contribution in [3.8, 4) is 0 Å². The number of carboxylic acids is 1. The molecule has 1 unspecified atom stereocenters. The van der Waals surface area contributed by atoms with Crippen molar-refractivity contribution in [1.82, 2.24) is 4.31 Å². The zero-order chi connectivity index (χ0) is 15.6. The predicted molar refractivity (Wildman–Crippen MR) is 79.4 cm³/mol. The van der Waals surface area contributed by atoms with Gasteiger partial charge in [-0.1, -0.05) is 29.8 Å². The molecule has 21 heavy (non-hydrogen) atoms. The maximum Gasteiger partial charge on any atom is 0.303 e. The molecule has 1 aliphatic heterocycles. The summed E-state index contributed by atoms with van der Waals surface area (Å²) in [4.78, 5) is 11.0. The van der Waals surface area contributed by atoms with Gasteiger partial charge in [0.1, 0.15) is 0 Å². The van der Waals surface area contributed by atoms with Crippen LogP contribution in [-0.4, -0.2) is 36.9 Å². The van der Waals surface area contributed by atoms with Gasteiger partial charge in [-0.3, -0.25) is 4.79 Å². The largest absolute Gasteiger partial charge is 0.481 e. The van der Waals surface area contributed by atoms with Gasteiger partial charge in [0.25, 0.3) is 0 Å². The zero-order valence-corrected chi connectivity index (χ0v) is 12.8. The minimum absolute atomic E-state index is 0.0112. The second-order valence-electron chi connectivity index (χ2n) is 5.39. The highest BCUT2D eigenvalue weighted by Gasteiger charge is 2.32. The fraction of sp³-hybridized carbons (Fsp3) is 0.400. The molecule has 5 nitrogen and oxygen atoms in total. The van der Waals surface area contributed by atoms with E-state index in [4.69, 9.17) is 5.11 Å². The second-order valence-corrected chi connectivity index (χ2v) is 7.33. The topological polar surface area (TPSA) is 74.7 Å². The smallest absolute Gasteiger partial charge is 0.303 e. The average molecular weight is 309 g/mol. The second kappa shape index (κ2) is 5.99. The molecular formula is C15H19NO4S. The van der Waals surface area contributed by atoms with E-state index in [-0.39, 0.29) is 23.8 Å². The first-order chi connectivity index (χ1) is 9.80. The molecule has 114 valence electrons. The van der Waals surface area contributed by atoms with Crippen molar-refractivity contribution in [3.63, 3.8) is 0 Å². The van der Waals surface area contributed by atoms with Gasteiger partial charge < -0.3 is 5.11 Å². The van der Waals surface area contributed by atoms with Gasteiger partial charge in [0.15, 0.2) is 0 Å². The van der Waals surface area contributed by atoms with Crippen molar-refractivity contribution in [1.29, 1.82) is 0 Å². The van der Waals surface area contributed by atoms with Crippen LogP contribution >= 0.6 is 0 Å². The molecule has 0 saturated carbocycles. The molecule has 6 heteroatoms. The Morgan fingerprint density at radius 2 is 2.00 bits per heavy atom. The molecule has 0 amide bonds. The summed E-state index contributed by atoms with van der Waals surface area (Å²) in [6.45, 7) is 6.26. The van der Waals surface area contributed by atoms with Gasteiger partial charge in [0.05, 0.1) is 11.3 Å². The van der Waals surface area contributed by atoms with Crippen LogP contribution in [0.15, 0.2) is 41.3 Å². The molecule has 1 heterocycles. The molecule has 0 bridgehead atoms. The number of nitrogens with zero attached hydrogens (tertiary/aromatic N) is 1. The molecule has 0 aliphatic carbocycles. The van der Waals surface area contributed by atoms with Crippen molar-refractivity contribution in [3.05, 3.63) is 42.0 Å². The van der Waals surface area contributed by atoms with Gasteiger partial charge >= 0.3 is 5.97 Å². The van der Waals surface area contributed by atoms with E-state index in [0.29, 0.717) is 18.5 Å². The van der Waals surface area contributed by atoms with Gasteiger partial charge in [-0.2, -0.15) is 4.31 Å². The highest BCUT2D eigenvalue weighted by atomic mass is 32.2. The maximum absolute atomic E-state index is 12.5. The first kappa shape index (κ1) is 15.7. The fourth-order valence-corrected chi connectivity index (χ4v) is 3.92. The number of carboxylic acid groups (broad SMARTS) is 1. The van der Waals surface area contributed by atoms with Gasteiger partial charge in [-0.05, 0) is 31.4 Å². The van der Waals surface area contributed by atoms with Crippen LogP contribution in [0.5, 0.6) is 0 Å². The van der Waals surface area contributed by atoms with Crippen molar-refractivity contribution >= 4 is 16.0 Å². The van der Waals surface area contributed by atoms with Crippen LogP contribution in [0.25, 0.3) is 0 Å². The van der Waals surface area contributed by atoms with E-state index < -0.39 is 16.0 Å². The minimum Gasteiger partial charge on any atom is -0.481 e. The summed E-state index contributed by atoms with van der Waals surface area (Å²) >= 11 is 0. The third-order valence-corrected chi connectivity index (χ3v) is 5.62. The van der Waals surface area contributed by atoms with E-state index in [9.17, 15) is 13.2 Å². The molecule has 1 fully saturated rings. The Morgan fingerprint density at radius 1 is 1.38 bits per heavy atom. The average Bonchev–Trinajstić information content (AvgIpc) is 2.41. The van der Waals surface area contributed by atoms with Crippen LogP contribution in [-0.2, 0) is 14.8 Å². The Hall–Kier alpha value is -1.66. The number of carbonyl (C=O) groups is 1. The number of aryl methyl sites for hydroxylation is 1. The fourth-order valence-electron chi connectivity index (χ4n) is 2.46. The number of benzene rings is 1. The predicted octanol–water partition coefficient (Wildman–Crippen LogP) is 2.04. The van der Waals surface area contributed by atoms with Crippen molar-refractivity contribution < 1.29 is 18.3 Å². The molecule has 1 N–H and O–H groups in total. The van der Waals surface area contributed by atoms with Crippen molar-refractivity contribution in [2.24, 2.45) is 5.92 Å².